The van der Waals surface area contributed by atoms with Crippen molar-refractivity contribution >= 4 is 23.4 Å². The minimum Gasteiger partial charge on any atom is -0.490 e. The topological polar surface area (TPSA) is 115 Å². The van der Waals surface area contributed by atoms with E-state index in [1.165, 1.54) is 0 Å². The third-order valence-corrected chi connectivity index (χ3v) is 5.14. The van der Waals surface area contributed by atoms with Gasteiger partial charge in [0.2, 0.25) is 5.91 Å². The van der Waals surface area contributed by atoms with Crippen LogP contribution in [0.5, 0.6) is 11.5 Å². The number of carbonyl (C=O) groups excluding carboxylic acids is 3. The minimum absolute atomic E-state index is 0.146. The number of ether oxygens (including phenoxy) is 3. The first kappa shape index (κ1) is 25.0. The number of anilines is 1. The van der Waals surface area contributed by atoms with Gasteiger partial charge in [-0.3, -0.25) is 14.4 Å². The SMILES string of the molecule is CCOc1ccc(C(=O)Nc2ccc(C(=O)NCCNC(=O)C3CCCO3)cc2)cc1OCC. The Morgan fingerprint density at radius 1 is 0.882 bits per heavy atom. The van der Waals surface area contributed by atoms with E-state index in [2.05, 4.69) is 16.0 Å². The molecule has 3 amide bonds. The first-order valence-electron chi connectivity index (χ1n) is 11.5. The van der Waals surface area contributed by atoms with Gasteiger partial charge in [0, 0.05) is 36.5 Å². The van der Waals surface area contributed by atoms with Crippen molar-refractivity contribution < 1.29 is 28.6 Å². The maximum atomic E-state index is 12.7. The van der Waals surface area contributed by atoms with Crippen LogP contribution < -0.4 is 25.4 Å². The second-order valence-electron chi connectivity index (χ2n) is 7.61. The van der Waals surface area contributed by atoms with Crippen molar-refractivity contribution in [1.82, 2.24) is 10.6 Å². The van der Waals surface area contributed by atoms with Gasteiger partial charge in [0.05, 0.1) is 13.2 Å². The van der Waals surface area contributed by atoms with Crippen LogP contribution in [0.25, 0.3) is 0 Å². The van der Waals surface area contributed by atoms with Crippen LogP contribution in [0.4, 0.5) is 5.69 Å². The molecule has 1 aliphatic rings. The largest absolute Gasteiger partial charge is 0.490 e. The molecule has 9 heteroatoms. The van der Waals surface area contributed by atoms with E-state index in [0.717, 1.165) is 12.8 Å². The summed E-state index contributed by atoms with van der Waals surface area (Å²) in [4.78, 5) is 36.9. The zero-order valence-corrected chi connectivity index (χ0v) is 19.5. The summed E-state index contributed by atoms with van der Waals surface area (Å²) < 4.78 is 16.4. The maximum absolute atomic E-state index is 12.7. The van der Waals surface area contributed by atoms with E-state index in [1.807, 2.05) is 13.8 Å². The fraction of sp³-hybridized carbons (Fsp3) is 0.400. The zero-order valence-electron chi connectivity index (χ0n) is 19.5. The van der Waals surface area contributed by atoms with Crippen LogP contribution in [0.15, 0.2) is 42.5 Å². The van der Waals surface area contributed by atoms with Crippen LogP contribution >= 0.6 is 0 Å². The lowest BCUT2D eigenvalue weighted by Crippen LogP contribution is -2.39. The summed E-state index contributed by atoms with van der Waals surface area (Å²) in [5.74, 6) is 0.381. The molecule has 0 aliphatic carbocycles. The number of benzene rings is 2. The van der Waals surface area contributed by atoms with Crippen LogP contribution in [0.2, 0.25) is 0 Å². The van der Waals surface area contributed by atoms with Crippen molar-refractivity contribution in [3.8, 4) is 11.5 Å². The Morgan fingerprint density at radius 2 is 1.56 bits per heavy atom. The van der Waals surface area contributed by atoms with Gasteiger partial charge < -0.3 is 30.2 Å². The number of carbonyl (C=O) groups is 3. The predicted octanol–water partition coefficient (Wildman–Crippen LogP) is 2.76. The monoisotopic (exact) mass is 469 g/mol. The highest BCUT2D eigenvalue weighted by atomic mass is 16.5. The van der Waals surface area contributed by atoms with Crippen molar-refractivity contribution in [3.05, 3.63) is 53.6 Å². The molecule has 3 N–H and O–H groups in total. The van der Waals surface area contributed by atoms with Gasteiger partial charge in [-0.05, 0) is 69.2 Å². The number of amides is 3. The Kier molecular flexibility index (Phi) is 9.28. The number of hydrogen-bond donors (Lipinski definition) is 3. The molecule has 0 aromatic heterocycles. The van der Waals surface area contributed by atoms with Gasteiger partial charge in [-0.25, -0.2) is 0 Å². The van der Waals surface area contributed by atoms with Crippen LogP contribution in [-0.2, 0) is 9.53 Å². The van der Waals surface area contributed by atoms with Crippen molar-refractivity contribution in [2.45, 2.75) is 32.8 Å². The molecule has 3 rings (SSSR count). The first-order chi connectivity index (χ1) is 16.5. The van der Waals surface area contributed by atoms with E-state index < -0.39 is 0 Å². The van der Waals surface area contributed by atoms with E-state index in [4.69, 9.17) is 14.2 Å². The van der Waals surface area contributed by atoms with Gasteiger partial charge in [-0.15, -0.1) is 0 Å². The molecule has 34 heavy (non-hydrogen) atoms. The smallest absolute Gasteiger partial charge is 0.255 e. The second kappa shape index (κ2) is 12.6. The fourth-order valence-corrected chi connectivity index (χ4v) is 3.46. The molecule has 0 bridgehead atoms. The molecule has 1 heterocycles. The van der Waals surface area contributed by atoms with Gasteiger partial charge in [0.15, 0.2) is 11.5 Å². The molecule has 1 saturated heterocycles. The molecule has 0 saturated carbocycles. The second-order valence-corrected chi connectivity index (χ2v) is 7.61. The normalized spacial score (nSPS) is 14.8. The van der Waals surface area contributed by atoms with Gasteiger partial charge in [-0.2, -0.15) is 0 Å². The Balaban J connectivity index is 1.49. The Bertz CT molecular complexity index is 987. The molecule has 1 unspecified atom stereocenters. The molecule has 182 valence electrons. The van der Waals surface area contributed by atoms with Crippen LogP contribution in [-0.4, -0.2) is 56.7 Å². The van der Waals surface area contributed by atoms with Gasteiger partial charge >= 0.3 is 0 Å². The standard InChI is InChI=1S/C25H31N3O6/c1-3-32-20-12-9-18(16-22(20)33-4-2)24(30)28-19-10-7-17(8-11-19)23(29)26-13-14-27-25(31)21-6-5-15-34-21/h7-12,16,21H,3-6,13-15H2,1-2H3,(H,26,29)(H,27,31)(H,28,30). The van der Waals surface area contributed by atoms with Gasteiger partial charge in [0.1, 0.15) is 6.10 Å². The lowest BCUT2D eigenvalue weighted by Gasteiger charge is -2.13. The van der Waals surface area contributed by atoms with Crippen molar-refractivity contribution in [2.24, 2.45) is 0 Å². The summed E-state index contributed by atoms with van der Waals surface area (Å²) in [7, 11) is 0. The number of hydrogen-bond acceptors (Lipinski definition) is 6. The Labute approximate surface area is 199 Å². The molecule has 1 fully saturated rings. The highest BCUT2D eigenvalue weighted by Crippen LogP contribution is 2.29. The zero-order chi connectivity index (χ0) is 24.3. The molecule has 0 radical (unpaired) electrons. The Morgan fingerprint density at radius 3 is 2.24 bits per heavy atom. The predicted molar refractivity (Wildman–Crippen MR) is 127 cm³/mol. The van der Waals surface area contributed by atoms with E-state index in [1.54, 1.807) is 42.5 Å². The van der Waals surface area contributed by atoms with Gasteiger partial charge in [0.25, 0.3) is 11.8 Å². The lowest BCUT2D eigenvalue weighted by molar-refractivity contribution is -0.129. The fourth-order valence-electron chi connectivity index (χ4n) is 3.46. The average Bonchev–Trinajstić information content (AvgIpc) is 3.38. The third-order valence-electron chi connectivity index (χ3n) is 5.14. The number of rotatable bonds is 11. The van der Waals surface area contributed by atoms with E-state index >= 15 is 0 Å². The molecule has 0 spiro atoms. The van der Waals surface area contributed by atoms with E-state index in [0.29, 0.717) is 61.2 Å². The summed E-state index contributed by atoms with van der Waals surface area (Å²) in [6.07, 6.45) is 1.24. The average molecular weight is 470 g/mol. The van der Waals surface area contributed by atoms with Crippen molar-refractivity contribution in [2.75, 3.05) is 38.2 Å². The summed E-state index contributed by atoms with van der Waals surface area (Å²) in [6, 6.07) is 11.6. The van der Waals surface area contributed by atoms with Crippen molar-refractivity contribution in [1.29, 1.82) is 0 Å². The first-order valence-corrected chi connectivity index (χ1v) is 11.5. The summed E-state index contributed by atoms with van der Waals surface area (Å²) in [5, 5.41) is 8.32. The number of nitrogens with one attached hydrogen (secondary N) is 3. The molecule has 9 nitrogen and oxygen atoms in total. The summed E-state index contributed by atoms with van der Waals surface area (Å²) >= 11 is 0. The highest BCUT2D eigenvalue weighted by molar-refractivity contribution is 6.05. The summed E-state index contributed by atoms with van der Waals surface area (Å²) in [5.41, 5.74) is 1.43. The molecule has 2 aromatic carbocycles. The molecular weight excluding hydrogens is 438 g/mol. The van der Waals surface area contributed by atoms with E-state index in [9.17, 15) is 14.4 Å². The minimum atomic E-state index is -0.383. The Hall–Kier alpha value is -3.59. The van der Waals surface area contributed by atoms with E-state index in [-0.39, 0.29) is 23.8 Å². The third kappa shape index (κ3) is 6.95. The van der Waals surface area contributed by atoms with Gasteiger partial charge in [-0.1, -0.05) is 0 Å². The maximum Gasteiger partial charge on any atom is 0.255 e. The van der Waals surface area contributed by atoms with Crippen molar-refractivity contribution in [3.63, 3.8) is 0 Å². The molecule has 2 aromatic rings. The lowest BCUT2D eigenvalue weighted by atomic mass is 10.1. The van der Waals surface area contributed by atoms with Crippen LogP contribution in [0.1, 0.15) is 47.4 Å². The van der Waals surface area contributed by atoms with Crippen LogP contribution in [0, 0.1) is 0 Å². The van der Waals surface area contributed by atoms with Crippen LogP contribution in [0.3, 0.4) is 0 Å². The molecule has 1 aliphatic heterocycles. The molecule has 1 atom stereocenters. The highest BCUT2D eigenvalue weighted by Gasteiger charge is 2.22. The summed E-state index contributed by atoms with van der Waals surface area (Å²) in [6.45, 7) is 5.93. The quantitative estimate of drug-likeness (QED) is 0.436. The molecular formula is C25H31N3O6.